The molecule has 0 radical (unpaired) electrons. The normalized spacial score (nSPS) is 18.9. The van der Waals surface area contributed by atoms with Crippen molar-refractivity contribution in [2.24, 2.45) is 0 Å². The first-order chi connectivity index (χ1) is 8.08. The number of cyclic esters (lactones) is 1. The lowest BCUT2D eigenvalue weighted by Crippen LogP contribution is -2.23. The Bertz CT molecular complexity index is 477. The molecule has 2 heterocycles. The fraction of sp³-hybridized carbons (Fsp3) is 0.300. The molecule has 1 aromatic heterocycles. The van der Waals surface area contributed by atoms with Gasteiger partial charge in [-0.2, -0.15) is 0 Å². The molecule has 0 bridgehead atoms. The zero-order chi connectivity index (χ0) is 12.4. The minimum atomic E-state index is -0.889. The molecule has 0 aliphatic carbocycles. The van der Waals surface area contributed by atoms with Crippen molar-refractivity contribution in [3.8, 4) is 0 Å². The largest absolute Gasteiger partial charge is 0.463 e. The van der Waals surface area contributed by atoms with Crippen LogP contribution in [0.25, 0.3) is 0 Å². The zero-order valence-corrected chi connectivity index (χ0v) is 9.99. The lowest BCUT2D eigenvalue weighted by molar-refractivity contribution is -0.145. The van der Waals surface area contributed by atoms with Gasteiger partial charge in [-0.05, 0) is 12.1 Å². The van der Waals surface area contributed by atoms with Crippen LogP contribution in [0.15, 0.2) is 12.1 Å². The van der Waals surface area contributed by atoms with Crippen LogP contribution >= 0.6 is 23.2 Å². The van der Waals surface area contributed by atoms with Crippen LogP contribution in [0.5, 0.6) is 0 Å². The molecule has 0 aromatic carbocycles. The Balaban J connectivity index is 2.14. The van der Waals surface area contributed by atoms with Crippen molar-refractivity contribution in [2.75, 3.05) is 6.61 Å². The van der Waals surface area contributed by atoms with Gasteiger partial charge in [-0.25, -0.2) is 14.6 Å². The van der Waals surface area contributed by atoms with Crippen molar-refractivity contribution in [3.63, 3.8) is 0 Å². The van der Waals surface area contributed by atoms with Gasteiger partial charge in [-0.15, -0.1) is 0 Å². The number of aromatic nitrogens is 1. The standard InChI is InChI=1S/C10H7Cl2NO4/c11-5-1-2-7(12)13-8(5)10(15)17-6-3-4-16-9(6)14/h1-2,6H,3-4H2/t6-/m1/s1. The first-order valence-electron chi connectivity index (χ1n) is 4.77. The lowest BCUT2D eigenvalue weighted by Gasteiger charge is -2.08. The van der Waals surface area contributed by atoms with E-state index >= 15 is 0 Å². The van der Waals surface area contributed by atoms with Gasteiger partial charge >= 0.3 is 11.9 Å². The minimum Gasteiger partial charge on any atom is -0.463 e. The molecule has 0 unspecified atom stereocenters. The van der Waals surface area contributed by atoms with Gasteiger partial charge in [0.05, 0.1) is 11.6 Å². The van der Waals surface area contributed by atoms with Crippen molar-refractivity contribution < 1.29 is 19.1 Å². The van der Waals surface area contributed by atoms with E-state index in [1.165, 1.54) is 12.1 Å². The number of halogens is 2. The smallest absolute Gasteiger partial charge is 0.359 e. The number of carbonyl (C=O) groups is 2. The summed E-state index contributed by atoms with van der Waals surface area (Å²) in [4.78, 5) is 26.5. The Hall–Kier alpha value is -1.33. The number of hydrogen-bond acceptors (Lipinski definition) is 5. The topological polar surface area (TPSA) is 65.5 Å². The SMILES string of the molecule is O=C(O[C@@H]1CCOC1=O)c1nc(Cl)ccc1Cl. The predicted octanol–water partition coefficient (Wildman–Crippen LogP) is 1.86. The Kier molecular flexibility index (Phi) is 3.49. The highest BCUT2D eigenvalue weighted by molar-refractivity contribution is 6.34. The van der Waals surface area contributed by atoms with E-state index in [1.54, 1.807) is 0 Å². The van der Waals surface area contributed by atoms with Gasteiger partial charge in [0.1, 0.15) is 5.15 Å². The lowest BCUT2D eigenvalue weighted by atomic mass is 10.3. The van der Waals surface area contributed by atoms with Crippen molar-refractivity contribution in [1.82, 2.24) is 4.98 Å². The third kappa shape index (κ3) is 2.68. The van der Waals surface area contributed by atoms with Crippen LogP contribution in [-0.4, -0.2) is 29.6 Å². The summed E-state index contributed by atoms with van der Waals surface area (Å²) in [6.07, 6.45) is -0.553. The van der Waals surface area contributed by atoms with Crippen LogP contribution in [0, 0.1) is 0 Å². The fourth-order valence-corrected chi connectivity index (χ4v) is 1.66. The summed E-state index contributed by atoms with van der Waals surface area (Å²) in [6, 6.07) is 2.88. The van der Waals surface area contributed by atoms with Crippen LogP contribution in [0.1, 0.15) is 16.9 Å². The van der Waals surface area contributed by atoms with E-state index in [0.717, 1.165) is 0 Å². The summed E-state index contributed by atoms with van der Waals surface area (Å²) in [5.41, 5.74) is -0.112. The average molecular weight is 276 g/mol. The molecule has 0 spiro atoms. The number of pyridine rings is 1. The van der Waals surface area contributed by atoms with Crippen molar-refractivity contribution in [2.45, 2.75) is 12.5 Å². The monoisotopic (exact) mass is 275 g/mol. The molecular weight excluding hydrogens is 269 g/mol. The number of carbonyl (C=O) groups excluding carboxylic acids is 2. The summed E-state index contributed by atoms with van der Waals surface area (Å²) in [5.74, 6) is -1.35. The molecule has 0 N–H and O–H groups in total. The van der Waals surface area contributed by atoms with Crippen LogP contribution in [0.4, 0.5) is 0 Å². The van der Waals surface area contributed by atoms with Gasteiger partial charge in [0, 0.05) is 6.42 Å². The fourth-order valence-electron chi connectivity index (χ4n) is 1.33. The quantitative estimate of drug-likeness (QED) is 0.609. The van der Waals surface area contributed by atoms with Crippen LogP contribution in [0.3, 0.4) is 0 Å². The van der Waals surface area contributed by atoms with Crippen LogP contribution < -0.4 is 0 Å². The van der Waals surface area contributed by atoms with E-state index in [4.69, 9.17) is 27.9 Å². The van der Waals surface area contributed by atoms with Crippen LogP contribution in [-0.2, 0) is 14.3 Å². The second kappa shape index (κ2) is 4.89. The third-order valence-electron chi connectivity index (χ3n) is 2.14. The molecule has 1 saturated heterocycles. The highest BCUT2D eigenvalue weighted by Crippen LogP contribution is 2.19. The van der Waals surface area contributed by atoms with E-state index in [2.05, 4.69) is 9.72 Å². The molecule has 5 nitrogen and oxygen atoms in total. The number of ether oxygens (including phenoxy) is 2. The van der Waals surface area contributed by atoms with Crippen LogP contribution in [0.2, 0.25) is 10.2 Å². The molecule has 0 saturated carbocycles. The third-order valence-corrected chi connectivity index (χ3v) is 2.66. The van der Waals surface area contributed by atoms with Crippen molar-refractivity contribution in [3.05, 3.63) is 28.0 Å². The molecule has 7 heteroatoms. The second-order valence-corrected chi connectivity index (χ2v) is 4.11. The Morgan fingerprint density at radius 3 is 2.88 bits per heavy atom. The molecule has 2 rings (SSSR count). The molecule has 1 aromatic rings. The number of rotatable bonds is 2. The Morgan fingerprint density at radius 1 is 1.47 bits per heavy atom. The summed E-state index contributed by atoms with van der Waals surface area (Å²) in [5, 5.41) is 0.237. The molecule has 1 atom stereocenters. The second-order valence-electron chi connectivity index (χ2n) is 3.31. The van der Waals surface area contributed by atoms with Crippen molar-refractivity contribution >= 4 is 35.1 Å². The summed E-state index contributed by atoms with van der Waals surface area (Å²) in [6.45, 7) is 0.244. The molecule has 1 aliphatic heterocycles. The molecule has 1 aliphatic rings. The van der Waals surface area contributed by atoms with Gasteiger partial charge in [0.25, 0.3) is 0 Å². The maximum atomic E-state index is 11.7. The first-order valence-corrected chi connectivity index (χ1v) is 5.53. The average Bonchev–Trinajstić information content (AvgIpc) is 2.68. The maximum absolute atomic E-state index is 11.7. The van der Waals surface area contributed by atoms with Gasteiger partial charge in [-0.1, -0.05) is 23.2 Å². The first kappa shape index (κ1) is 12.1. The van der Waals surface area contributed by atoms with E-state index in [1.807, 2.05) is 0 Å². The Labute approximate surface area is 107 Å². The molecular formula is C10H7Cl2NO4. The maximum Gasteiger partial charge on any atom is 0.359 e. The summed E-state index contributed by atoms with van der Waals surface area (Å²) < 4.78 is 9.59. The van der Waals surface area contributed by atoms with Crippen molar-refractivity contribution in [1.29, 1.82) is 0 Å². The highest BCUT2D eigenvalue weighted by Gasteiger charge is 2.31. The summed E-state index contributed by atoms with van der Waals surface area (Å²) in [7, 11) is 0. The summed E-state index contributed by atoms with van der Waals surface area (Å²) >= 11 is 11.4. The zero-order valence-electron chi connectivity index (χ0n) is 8.48. The van der Waals surface area contributed by atoms with E-state index in [0.29, 0.717) is 6.42 Å². The molecule has 1 fully saturated rings. The van der Waals surface area contributed by atoms with E-state index in [-0.39, 0.29) is 22.5 Å². The van der Waals surface area contributed by atoms with Gasteiger partial charge < -0.3 is 9.47 Å². The Morgan fingerprint density at radius 2 is 2.24 bits per heavy atom. The van der Waals surface area contributed by atoms with E-state index < -0.39 is 18.0 Å². The molecule has 90 valence electrons. The van der Waals surface area contributed by atoms with E-state index in [9.17, 15) is 9.59 Å². The predicted molar refractivity (Wildman–Crippen MR) is 59.0 cm³/mol. The van der Waals surface area contributed by atoms with Gasteiger partial charge in [-0.3, -0.25) is 0 Å². The number of nitrogens with zero attached hydrogens (tertiary/aromatic N) is 1. The molecule has 0 amide bonds. The number of hydrogen-bond donors (Lipinski definition) is 0. The van der Waals surface area contributed by atoms with Gasteiger partial charge in [0.15, 0.2) is 5.69 Å². The highest BCUT2D eigenvalue weighted by atomic mass is 35.5. The van der Waals surface area contributed by atoms with Gasteiger partial charge in [0.2, 0.25) is 6.10 Å². The number of esters is 2. The minimum absolute atomic E-state index is 0.112. The molecule has 17 heavy (non-hydrogen) atoms.